The summed E-state index contributed by atoms with van der Waals surface area (Å²) in [5, 5.41) is 6.26. The van der Waals surface area contributed by atoms with Gasteiger partial charge in [0.25, 0.3) is 5.91 Å². The maximum absolute atomic E-state index is 12.1. The molecule has 1 unspecified atom stereocenters. The maximum atomic E-state index is 12.1. The highest BCUT2D eigenvalue weighted by Gasteiger charge is 2.09. The van der Waals surface area contributed by atoms with Crippen LogP contribution in [0.1, 0.15) is 36.2 Å². The largest absolute Gasteiger partial charge is 0.497 e. The second-order valence-corrected chi connectivity index (χ2v) is 5.77. The van der Waals surface area contributed by atoms with Crippen LogP contribution in [0.25, 0.3) is 0 Å². The van der Waals surface area contributed by atoms with Gasteiger partial charge in [-0.3, -0.25) is 9.78 Å². The van der Waals surface area contributed by atoms with Gasteiger partial charge in [0.05, 0.1) is 18.4 Å². The van der Waals surface area contributed by atoms with Crippen molar-refractivity contribution in [3.8, 4) is 5.75 Å². The lowest BCUT2D eigenvalue weighted by Crippen LogP contribution is -2.32. The summed E-state index contributed by atoms with van der Waals surface area (Å²) in [6, 6.07) is 10.00. The zero-order chi connectivity index (χ0) is 17.4. The smallest absolute Gasteiger partial charge is 0.253 e. The summed E-state index contributed by atoms with van der Waals surface area (Å²) in [5.41, 5.74) is 2.65. The molecule has 0 radical (unpaired) electrons. The molecule has 1 heterocycles. The molecule has 0 aliphatic carbocycles. The molecule has 0 aliphatic rings. The monoisotopic (exact) mass is 327 g/mol. The van der Waals surface area contributed by atoms with Gasteiger partial charge in [0.1, 0.15) is 5.75 Å². The van der Waals surface area contributed by atoms with E-state index in [1.54, 1.807) is 19.5 Å². The van der Waals surface area contributed by atoms with Gasteiger partial charge < -0.3 is 15.4 Å². The molecule has 0 spiro atoms. The van der Waals surface area contributed by atoms with Gasteiger partial charge in [-0.15, -0.1) is 0 Å². The fourth-order valence-electron chi connectivity index (χ4n) is 2.21. The number of hydrogen-bond acceptors (Lipinski definition) is 4. The number of amides is 1. The van der Waals surface area contributed by atoms with Gasteiger partial charge in [-0.2, -0.15) is 0 Å². The van der Waals surface area contributed by atoms with Crippen LogP contribution in [0, 0.1) is 0 Å². The van der Waals surface area contributed by atoms with E-state index in [1.165, 1.54) is 5.56 Å². The first-order chi connectivity index (χ1) is 11.6. The predicted octanol–water partition coefficient (Wildman–Crippen LogP) is 3.27. The van der Waals surface area contributed by atoms with Crippen molar-refractivity contribution >= 4 is 11.6 Å². The Bertz CT molecular complexity index is 656. The highest BCUT2D eigenvalue weighted by atomic mass is 16.5. The van der Waals surface area contributed by atoms with E-state index in [1.807, 2.05) is 32.0 Å². The van der Waals surface area contributed by atoms with E-state index >= 15 is 0 Å². The minimum Gasteiger partial charge on any atom is -0.497 e. The third-order valence-corrected chi connectivity index (χ3v) is 3.89. The van der Waals surface area contributed by atoms with E-state index in [0.29, 0.717) is 5.56 Å². The molecule has 5 nitrogen and oxygen atoms in total. The molecule has 24 heavy (non-hydrogen) atoms. The number of carbonyl (C=O) groups is 1. The number of benzene rings is 1. The maximum Gasteiger partial charge on any atom is 0.253 e. The van der Waals surface area contributed by atoms with Gasteiger partial charge in [-0.25, -0.2) is 0 Å². The minimum atomic E-state index is -0.0874. The van der Waals surface area contributed by atoms with Gasteiger partial charge in [-0.05, 0) is 43.5 Å². The summed E-state index contributed by atoms with van der Waals surface area (Å²) in [5.74, 6) is 0.770. The van der Waals surface area contributed by atoms with Crippen molar-refractivity contribution in [2.45, 2.75) is 32.7 Å². The second-order valence-electron chi connectivity index (χ2n) is 5.77. The third kappa shape index (κ3) is 5.26. The summed E-state index contributed by atoms with van der Waals surface area (Å²) in [6.45, 7) is 4.80. The Kier molecular flexibility index (Phi) is 6.61. The zero-order valence-corrected chi connectivity index (χ0v) is 14.5. The van der Waals surface area contributed by atoms with E-state index in [9.17, 15) is 4.79 Å². The number of anilines is 1. The van der Waals surface area contributed by atoms with Gasteiger partial charge in [0.2, 0.25) is 0 Å². The van der Waals surface area contributed by atoms with Gasteiger partial charge in [0.15, 0.2) is 0 Å². The predicted molar refractivity (Wildman–Crippen MR) is 96.6 cm³/mol. The van der Waals surface area contributed by atoms with Crippen molar-refractivity contribution in [1.82, 2.24) is 10.3 Å². The summed E-state index contributed by atoms with van der Waals surface area (Å²) in [7, 11) is 1.66. The highest BCUT2D eigenvalue weighted by Crippen LogP contribution is 2.13. The molecule has 0 saturated heterocycles. The van der Waals surface area contributed by atoms with Crippen molar-refractivity contribution in [2.24, 2.45) is 0 Å². The van der Waals surface area contributed by atoms with Crippen LogP contribution in [-0.4, -0.2) is 30.6 Å². The number of nitrogens with one attached hydrogen (secondary N) is 2. The van der Waals surface area contributed by atoms with Gasteiger partial charge in [0, 0.05) is 25.0 Å². The Morgan fingerprint density at radius 1 is 1.25 bits per heavy atom. The quantitative estimate of drug-likeness (QED) is 0.781. The number of hydrogen-bond donors (Lipinski definition) is 2. The SMILES string of the molecule is CCC(C)NC(=O)c1cncc(NCCc2ccc(OC)cc2)c1. The number of rotatable bonds is 8. The number of ether oxygens (including phenoxy) is 1. The van der Waals surface area contributed by atoms with Gasteiger partial charge in [-0.1, -0.05) is 19.1 Å². The third-order valence-electron chi connectivity index (χ3n) is 3.89. The van der Waals surface area contributed by atoms with Crippen LogP contribution < -0.4 is 15.4 Å². The van der Waals surface area contributed by atoms with Crippen LogP contribution in [0.2, 0.25) is 0 Å². The Balaban J connectivity index is 1.88. The zero-order valence-electron chi connectivity index (χ0n) is 14.5. The molecule has 1 aromatic carbocycles. The van der Waals surface area contributed by atoms with Crippen LogP contribution in [0.4, 0.5) is 5.69 Å². The number of carbonyl (C=O) groups excluding carboxylic acids is 1. The van der Waals surface area contributed by atoms with Crippen LogP contribution in [0.3, 0.4) is 0 Å². The molecule has 0 saturated carbocycles. The molecular formula is C19H25N3O2. The Labute approximate surface area is 143 Å². The Morgan fingerprint density at radius 3 is 2.67 bits per heavy atom. The molecular weight excluding hydrogens is 302 g/mol. The minimum absolute atomic E-state index is 0.0874. The van der Waals surface area contributed by atoms with E-state index in [2.05, 4.69) is 27.8 Å². The first kappa shape index (κ1) is 17.8. The van der Waals surface area contributed by atoms with E-state index in [0.717, 1.165) is 30.8 Å². The number of aromatic nitrogens is 1. The summed E-state index contributed by atoms with van der Waals surface area (Å²) >= 11 is 0. The Hall–Kier alpha value is -2.56. The standard InChI is InChI=1S/C19H25N3O2/c1-4-14(2)22-19(23)16-11-17(13-20-12-16)21-10-9-15-5-7-18(24-3)8-6-15/h5-8,11-14,21H,4,9-10H2,1-3H3,(H,22,23). The fraction of sp³-hybridized carbons (Fsp3) is 0.368. The molecule has 2 aromatic rings. The molecule has 128 valence electrons. The van der Waals surface area contributed by atoms with Crippen molar-refractivity contribution < 1.29 is 9.53 Å². The molecule has 1 atom stereocenters. The topological polar surface area (TPSA) is 63.2 Å². The first-order valence-corrected chi connectivity index (χ1v) is 8.25. The Morgan fingerprint density at radius 2 is 2.00 bits per heavy atom. The molecule has 2 rings (SSSR count). The number of nitrogens with zero attached hydrogens (tertiary/aromatic N) is 1. The highest BCUT2D eigenvalue weighted by molar-refractivity contribution is 5.94. The van der Waals surface area contributed by atoms with Crippen molar-refractivity contribution in [2.75, 3.05) is 19.0 Å². The van der Waals surface area contributed by atoms with Crippen molar-refractivity contribution in [1.29, 1.82) is 0 Å². The molecule has 1 amide bonds. The van der Waals surface area contributed by atoms with Crippen LogP contribution in [0.15, 0.2) is 42.7 Å². The van der Waals surface area contributed by atoms with Crippen LogP contribution in [0.5, 0.6) is 5.75 Å². The number of pyridine rings is 1. The van der Waals surface area contributed by atoms with Crippen LogP contribution >= 0.6 is 0 Å². The molecule has 0 bridgehead atoms. The normalized spacial score (nSPS) is 11.6. The van der Waals surface area contributed by atoms with Gasteiger partial charge >= 0.3 is 0 Å². The summed E-state index contributed by atoms with van der Waals surface area (Å²) in [4.78, 5) is 16.3. The van der Waals surface area contributed by atoms with Crippen molar-refractivity contribution in [3.05, 3.63) is 53.9 Å². The van der Waals surface area contributed by atoms with E-state index in [4.69, 9.17) is 4.74 Å². The summed E-state index contributed by atoms with van der Waals surface area (Å²) in [6.07, 6.45) is 5.10. The lowest BCUT2D eigenvalue weighted by molar-refractivity contribution is 0.0939. The van der Waals surface area contributed by atoms with E-state index < -0.39 is 0 Å². The molecule has 2 N–H and O–H groups in total. The van der Waals surface area contributed by atoms with Crippen LogP contribution in [-0.2, 0) is 6.42 Å². The average molecular weight is 327 g/mol. The number of methoxy groups -OCH3 is 1. The van der Waals surface area contributed by atoms with E-state index in [-0.39, 0.29) is 11.9 Å². The summed E-state index contributed by atoms with van der Waals surface area (Å²) < 4.78 is 5.15. The second kappa shape index (κ2) is 8.91. The molecule has 5 heteroatoms. The first-order valence-electron chi connectivity index (χ1n) is 8.25. The fourth-order valence-corrected chi connectivity index (χ4v) is 2.21. The molecule has 0 aliphatic heterocycles. The lowest BCUT2D eigenvalue weighted by Gasteiger charge is -2.12. The average Bonchev–Trinajstić information content (AvgIpc) is 2.62. The lowest BCUT2D eigenvalue weighted by atomic mass is 10.1. The molecule has 0 fully saturated rings. The van der Waals surface area contributed by atoms with Crippen molar-refractivity contribution in [3.63, 3.8) is 0 Å². The molecule has 1 aromatic heterocycles.